The van der Waals surface area contributed by atoms with Gasteiger partial charge in [0.1, 0.15) is 0 Å². The van der Waals surface area contributed by atoms with Crippen LogP contribution in [0.2, 0.25) is 0 Å². The van der Waals surface area contributed by atoms with Crippen molar-refractivity contribution in [3.8, 4) is 0 Å². The summed E-state index contributed by atoms with van der Waals surface area (Å²) in [7, 11) is 0. The maximum absolute atomic E-state index is 6.00. The van der Waals surface area contributed by atoms with Gasteiger partial charge in [-0.05, 0) is 30.1 Å². The molecule has 0 atom stereocenters. The third-order valence-electron chi connectivity index (χ3n) is 3.87. The van der Waals surface area contributed by atoms with E-state index in [0.29, 0.717) is 5.41 Å². The molecule has 0 nitrogen and oxygen atoms in total. The number of hydrogen-bond donors (Lipinski definition) is 0. The minimum absolute atomic E-state index is 0.361. The third kappa shape index (κ3) is 2.87. The first-order valence-electron chi connectivity index (χ1n) is 5.66. The average molecular weight is 203 g/mol. The summed E-state index contributed by atoms with van der Waals surface area (Å²) in [6.07, 6.45) is 7.04. The molecule has 0 radical (unpaired) electrons. The molecule has 1 saturated carbocycles. The van der Waals surface area contributed by atoms with Gasteiger partial charge in [0.15, 0.2) is 0 Å². The summed E-state index contributed by atoms with van der Waals surface area (Å²) in [6.45, 7) is 6.95. The summed E-state index contributed by atoms with van der Waals surface area (Å²) in [6, 6.07) is 0. The van der Waals surface area contributed by atoms with Crippen LogP contribution in [-0.4, -0.2) is 5.88 Å². The topological polar surface area (TPSA) is 0 Å². The van der Waals surface area contributed by atoms with Gasteiger partial charge in [-0.15, -0.1) is 11.6 Å². The number of rotatable bonds is 3. The third-order valence-corrected chi connectivity index (χ3v) is 4.56. The normalized spacial score (nSPS) is 30.5. The van der Waals surface area contributed by atoms with Gasteiger partial charge in [-0.3, -0.25) is 0 Å². The Morgan fingerprint density at radius 2 is 1.69 bits per heavy atom. The maximum Gasteiger partial charge on any atom is 0.0277 e. The highest BCUT2D eigenvalue weighted by Crippen LogP contribution is 2.41. The fraction of sp³-hybridized carbons (Fsp3) is 1.00. The molecule has 0 unspecified atom stereocenters. The van der Waals surface area contributed by atoms with E-state index in [0.717, 1.165) is 17.7 Å². The second-order valence-electron chi connectivity index (χ2n) is 5.25. The van der Waals surface area contributed by atoms with Crippen molar-refractivity contribution in [2.45, 2.75) is 52.9 Å². The Balaban J connectivity index is 2.40. The van der Waals surface area contributed by atoms with Gasteiger partial charge in [-0.1, -0.05) is 40.0 Å². The van der Waals surface area contributed by atoms with Crippen LogP contribution in [-0.2, 0) is 0 Å². The van der Waals surface area contributed by atoms with Crippen LogP contribution >= 0.6 is 11.6 Å². The molecule has 0 aliphatic heterocycles. The van der Waals surface area contributed by atoms with Gasteiger partial charge < -0.3 is 0 Å². The van der Waals surface area contributed by atoms with E-state index in [9.17, 15) is 0 Å². The SMILES string of the molecule is CCC1CCC(C(C)(C)CCl)CC1. The highest BCUT2D eigenvalue weighted by Gasteiger charge is 2.31. The van der Waals surface area contributed by atoms with Crippen LogP contribution < -0.4 is 0 Å². The van der Waals surface area contributed by atoms with E-state index in [1.165, 1.54) is 32.1 Å². The van der Waals surface area contributed by atoms with Crippen molar-refractivity contribution in [1.82, 2.24) is 0 Å². The summed E-state index contributed by atoms with van der Waals surface area (Å²) >= 11 is 6.00. The van der Waals surface area contributed by atoms with Crippen LogP contribution in [0, 0.1) is 17.3 Å². The van der Waals surface area contributed by atoms with Gasteiger partial charge in [0.2, 0.25) is 0 Å². The average Bonchev–Trinajstić information content (AvgIpc) is 2.18. The van der Waals surface area contributed by atoms with E-state index in [2.05, 4.69) is 20.8 Å². The molecule has 1 fully saturated rings. The van der Waals surface area contributed by atoms with E-state index in [4.69, 9.17) is 11.6 Å². The van der Waals surface area contributed by atoms with Gasteiger partial charge in [0.25, 0.3) is 0 Å². The monoisotopic (exact) mass is 202 g/mol. The first-order valence-corrected chi connectivity index (χ1v) is 6.19. The number of halogens is 1. The first kappa shape index (κ1) is 11.4. The van der Waals surface area contributed by atoms with Crippen molar-refractivity contribution in [2.24, 2.45) is 17.3 Å². The van der Waals surface area contributed by atoms with Gasteiger partial charge >= 0.3 is 0 Å². The molecule has 1 aliphatic rings. The minimum Gasteiger partial charge on any atom is -0.126 e. The standard InChI is InChI=1S/C12H23Cl/c1-4-10-5-7-11(8-6-10)12(2,3)9-13/h10-11H,4-9H2,1-3H3. The van der Waals surface area contributed by atoms with Crippen molar-refractivity contribution in [1.29, 1.82) is 0 Å². The molecule has 1 aliphatic carbocycles. The van der Waals surface area contributed by atoms with E-state index in [1.807, 2.05) is 0 Å². The Hall–Kier alpha value is 0.290. The fourth-order valence-electron chi connectivity index (χ4n) is 2.46. The van der Waals surface area contributed by atoms with Crippen molar-refractivity contribution in [3.63, 3.8) is 0 Å². The van der Waals surface area contributed by atoms with Gasteiger partial charge in [-0.25, -0.2) is 0 Å². The lowest BCUT2D eigenvalue weighted by Crippen LogP contribution is -2.29. The largest absolute Gasteiger partial charge is 0.126 e. The Morgan fingerprint density at radius 3 is 2.08 bits per heavy atom. The summed E-state index contributed by atoms with van der Waals surface area (Å²) in [5, 5.41) is 0. The highest BCUT2D eigenvalue weighted by atomic mass is 35.5. The quantitative estimate of drug-likeness (QED) is 0.593. The predicted octanol–water partition coefficient (Wildman–Crippen LogP) is 4.47. The fourth-order valence-corrected chi connectivity index (χ4v) is 2.68. The highest BCUT2D eigenvalue weighted by molar-refractivity contribution is 6.18. The van der Waals surface area contributed by atoms with Crippen LogP contribution in [0.3, 0.4) is 0 Å². The molecular formula is C12H23Cl. The Kier molecular flexibility index (Phi) is 4.09. The van der Waals surface area contributed by atoms with Crippen LogP contribution in [0.25, 0.3) is 0 Å². The van der Waals surface area contributed by atoms with E-state index in [1.54, 1.807) is 0 Å². The molecule has 0 spiro atoms. The van der Waals surface area contributed by atoms with E-state index < -0.39 is 0 Å². The van der Waals surface area contributed by atoms with Crippen LogP contribution in [0.4, 0.5) is 0 Å². The smallest absolute Gasteiger partial charge is 0.0277 e. The van der Waals surface area contributed by atoms with E-state index >= 15 is 0 Å². The van der Waals surface area contributed by atoms with Crippen molar-refractivity contribution in [2.75, 3.05) is 5.88 Å². The molecule has 0 amide bonds. The molecule has 0 bridgehead atoms. The van der Waals surface area contributed by atoms with E-state index in [-0.39, 0.29) is 0 Å². The lowest BCUT2D eigenvalue weighted by molar-refractivity contribution is 0.151. The van der Waals surface area contributed by atoms with Gasteiger partial charge in [0, 0.05) is 5.88 Å². The summed E-state index contributed by atoms with van der Waals surface area (Å²) < 4.78 is 0. The molecule has 0 aromatic carbocycles. The molecule has 0 aromatic rings. The molecule has 1 rings (SSSR count). The molecule has 0 N–H and O–H groups in total. The zero-order chi connectivity index (χ0) is 9.90. The molecule has 0 heterocycles. The van der Waals surface area contributed by atoms with Crippen LogP contribution in [0.1, 0.15) is 52.9 Å². The predicted molar refractivity (Wildman–Crippen MR) is 60.2 cm³/mol. The summed E-state index contributed by atoms with van der Waals surface area (Å²) in [5.74, 6) is 2.68. The maximum atomic E-state index is 6.00. The molecule has 13 heavy (non-hydrogen) atoms. The van der Waals surface area contributed by atoms with Gasteiger partial charge in [-0.2, -0.15) is 0 Å². The Labute approximate surface area is 88.1 Å². The van der Waals surface area contributed by atoms with Gasteiger partial charge in [0.05, 0.1) is 0 Å². The lowest BCUT2D eigenvalue weighted by atomic mass is 9.69. The van der Waals surface area contributed by atoms with Crippen molar-refractivity contribution in [3.05, 3.63) is 0 Å². The van der Waals surface area contributed by atoms with Crippen LogP contribution in [0.15, 0.2) is 0 Å². The Morgan fingerprint density at radius 1 is 1.15 bits per heavy atom. The van der Waals surface area contributed by atoms with Crippen molar-refractivity contribution < 1.29 is 0 Å². The second kappa shape index (κ2) is 4.68. The lowest BCUT2D eigenvalue weighted by Gasteiger charge is -2.38. The molecule has 0 saturated heterocycles. The molecule has 0 aromatic heterocycles. The van der Waals surface area contributed by atoms with Crippen LogP contribution in [0.5, 0.6) is 0 Å². The second-order valence-corrected chi connectivity index (χ2v) is 5.52. The van der Waals surface area contributed by atoms with Crippen molar-refractivity contribution >= 4 is 11.6 Å². The number of hydrogen-bond acceptors (Lipinski definition) is 0. The first-order chi connectivity index (χ1) is 6.10. The number of alkyl halides is 1. The minimum atomic E-state index is 0.361. The molecule has 78 valence electrons. The molecular weight excluding hydrogens is 180 g/mol. The summed E-state index contributed by atoms with van der Waals surface area (Å²) in [4.78, 5) is 0. The summed E-state index contributed by atoms with van der Waals surface area (Å²) in [5.41, 5.74) is 0.361. The zero-order valence-electron chi connectivity index (χ0n) is 9.28. The Bertz CT molecular complexity index is 143. The molecule has 1 heteroatoms. The zero-order valence-corrected chi connectivity index (χ0v) is 10.0.